The van der Waals surface area contributed by atoms with E-state index in [2.05, 4.69) is 20.2 Å². The summed E-state index contributed by atoms with van der Waals surface area (Å²) in [5.74, 6) is 0.0741. The Morgan fingerprint density at radius 1 is 1.16 bits per heavy atom. The molecule has 2 heterocycles. The number of nitrogens with one attached hydrogen (secondary N) is 1. The zero-order chi connectivity index (χ0) is 22.8. The number of amides is 2. The molecule has 168 valence electrons. The van der Waals surface area contributed by atoms with Crippen molar-refractivity contribution in [3.63, 3.8) is 0 Å². The van der Waals surface area contributed by atoms with Crippen LogP contribution in [0.3, 0.4) is 0 Å². The minimum Gasteiger partial charge on any atom is -0.354 e. The Morgan fingerprint density at radius 2 is 1.84 bits per heavy atom. The average Bonchev–Trinajstić information content (AvgIpc) is 3.10. The SMILES string of the molecule is Cc1cc2c(cn1)CC(=NC(=O)c1ccc(F)cc1)N2C1CCC(C(=O)NC(C)C)CC1. The maximum Gasteiger partial charge on any atom is 0.278 e. The van der Waals surface area contributed by atoms with E-state index in [0.717, 1.165) is 42.6 Å². The van der Waals surface area contributed by atoms with Crippen molar-refractivity contribution in [3.8, 4) is 0 Å². The predicted molar refractivity (Wildman–Crippen MR) is 122 cm³/mol. The van der Waals surface area contributed by atoms with Crippen LogP contribution < -0.4 is 10.2 Å². The van der Waals surface area contributed by atoms with Gasteiger partial charge in [-0.2, -0.15) is 4.99 Å². The molecule has 0 atom stereocenters. The van der Waals surface area contributed by atoms with E-state index in [1.165, 1.54) is 24.3 Å². The summed E-state index contributed by atoms with van der Waals surface area (Å²) in [6.07, 6.45) is 5.69. The van der Waals surface area contributed by atoms with Crippen LogP contribution in [0.2, 0.25) is 0 Å². The lowest BCUT2D eigenvalue weighted by Crippen LogP contribution is -2.44. The van der Waals surface area contributed by atoms with Crippen molar-refractivity contribution >= 4 is 23.3 Å². The molecule has 1 saturated carbocycles. The van der Waals surface area contributed by atoms with Crippen molar-refractivity contribution < 1.29 is 14.0 Å². The van der Waals surface area contributed by atoms with Gasteiger partial charge in [0.05, 0.1) is 0 Å². The molecule has 2 amide bonds. The number of aromatic nitrogens is 1. The number of aryl methyl sites for hydroxylation is 1. The van der Waals surface area contributed by atoms with Gasteiger partial charge in [0.2, 0.25) is 5.91 Å². The fraction of sp³-hybridized carbons (Fsp3) is 0.440. The Labute approximate surface area is 187 Å². The zero-order valence-corrected chi connectivity index (χ0v) is 18.8. The van der Waals surface area contributed by atoms with E-state index >= 15 is 0 Å². The zero-order valence-electron chi connectivity index (χ0n) is 18.8. The van der Waals surface area contributed by atoms with Crippen molar-refractivity contribution in [3.05, 3.63) is 59.2 Å². The molecule has 32 heavy (non-hydrogen) atoms. The van der Waals surface area contributed by atoms with E-state index in [1.54, 1.807) is 0 Å². The lowest BCUT2D eigenvalue weighted by atomic mass is 9.84. The van der Waals surface area contributed by atoms with Gasteiger partial charge in [-0.3, -0.25) is 14.6 Å². The number of benzene rings is 1. The van der Waals surface area contributed by atoms with E-state index < -0.39 is 0 Å². The normalized spacial score (nSPS) is 21.7. The van der Waals surface area contributed by atoms with Gasteiger partial charge in [-0.05, 0) is 76.8 Å². The van der Waals surface area contributed by atoms with Crippen LogP contribution in [0.15, 0.2) is 41.5 Å². The highest BCUT2D eigenvalue weighted by Gasteiger charge is 2.36. The van der Waals surface area contributed by atoms with Gasteiger partial charge in [0, 0.05) is 53.1 Å². The fourth-order valence-corrected chi connectivity index (χ4v) is 4.60. The third kappa shape index (κ3) is 4.71. The van der Waals surface area contributed by atoms with Crippen LogP contribution >= 0.6 is 0 Å². The van der Waals surface area contributed by atoms with Crippen molar-refractivity contribution in [2.24, 2.45) is 10.9 Å². The van der Waals surface area contributed by atoms with Gasteiger partial charge in [0.1, 0.15) is 11.7 Å². The molecule has 1 N–H and O–H groups in total. The van der Waals surface area contributed by atoms with Crippen molar-refractivity contribution in [1.29, 1.82) is 0 Å². The molecule has 1 fully saturated rings. The first-order valence-electron chi connectivity index (χ1n) is 11.2. The fourth-order valence-electron chi connectivity index (χ4n) is 4.60. The maximum absolute atomic E-state index is 13.2. The number of aliphatic imine (C=N–C) groups is 1. The standard InChI is InChI=1S/C25H29FN4O2/c1-15(2)28-24(31)18-6-10-21(11-7-18)30-22-12-16(3)27-14-19(22)13-23(30)29-25(32)17-4-8-20(26)9-5-17/h4-5,8-9,12,14-15,18,21H,6-7,10-11,13H2,1-3H3,(H,28,31). The molecule has 1 aromatic carbocycles. The molecule has 1 aromatic heterocycles. The molecule has 2 aromatic rings. The van der Waals surface area contributed by atoms with Crippen LogP contribution in [0.25, 0.3) is 0 Å². The Hall–Kier alpha value is -3.09. The Morgan fingerprint density at radius 3 is 2.50 bits per heavy atom. The van der Waals surface area contributed by atoms with E-state index in [4.69, 9.17) is 0 Å². The third-order valence-electron chi connectivity index (χ3n) is 6.17. The van der Waals surface area contributed by atoms with Crippen LogP contribution in [-0.4, -0.2) is 34.7 Å². The van der Waals surface area contributed by atoms with Crippen LogP contribution in [0.1, 0.15) is 61.1 Å². The Balaban J connectivity index is 1.57. The molecule has 0 spiro atoms. The quantitative estimate of drug-likeness (QED) is 0.779. The molecule has 7 heteroatoms. The van der Waals surface area contributed by atoms with Crippen molar-refractivity contribution in [2.75, 3.05) is 4.90 Å². The molecule has 1 aliphatic carbocycles. The van der Waals surface area contributed by atoms with E-state index in [0.29, 0.717) is 17.8 Å². The summed E-state index contributed by atoms with van der Waals surface area (Å²) in [5, 5.41) is 3.02. The molecular formula is C25H29FN4O2. The molecular weight excluding hydrogens is 407 g/mol. The summed E-state index contributed by atoms with van der Waals surface area (Å²) in [4.78, 5) is 36.3. The second kappa shape index (κ2) is 9.18. The lowest BCUT2D eigenvalue weighted by molar-refractivity contribution is -0.126. The summed E-state index contributed by atoms with van der Waals surface area (Å²) in [6.45, 7) is 5.90. The predicted octanol–water partition coefficient (Wildman–Crippen LogP) is 4.21. The summed E-state index contributed by atoms with van der Waals surface area (Å²) < 4.78 is 13.2. The number of pyridine rings is 1. The van der Waals surface area contributed by atoms with Crippen molar-refractivity contribution in [2.45, 2.75) is 65.0 Å². The van der Waals surface area contributed by atoms with E-state index in [9.17, 15) is 14.0 Å². The topological polar surface area (TPSA) is 74.7 Å². The van der Waals surface area contributed by atoms with Crippen LogP contribution in [-0.2, 0) is 11.2 Å². The number of halogens is 1. The van der Waals surface area contributed by atoms with Crippen molar-refractivity contribution in [1.82, 2.24) is 10.3 Å². The minimum absolute atomic E-state index is 0.0242. The smallest absolute Gasteiger partial charge is 0.278 e. The average molecular weight is 437 g/mol. The van der Waals surface area contributed by atoms with Gasteiger partial charge in [0.15, 0.2) is 0 Å². The molecule has 4 rings (SSSR count). The Bertz CT molecular complexity index is 1040. The van der Waals surface area contributed by atoms with E-state index in [-0.39, 0.29) is 35.6 Å². The Kier molecular flexibility index (Phi) is 6.35. The largest absolute Gasteiger partial charge is 0.354 e. The molecule has 0 saturated heterocycles. The summed E-state index contributed by atoms with van der Waals surface area (Å²) in [7, 11) is 0. The highest BCUT2D eigenvalue weighted by molar-refractivity contribution is 6.12. The third-order valence-corrected chi connectivity index (χ3v) is 6.17. The van der Waals surface area contributed by atoms with Gasteiger partial charge in [0.25, 0.3) is 5.91 Å². The summed E-state index contributed by atoms with van der Waals surface area (Å²) >= 11 is 0. The van der Waals surface area contributed by atoms with Crippen LogP contribution in [0.4, 0.5) is 10.1 Å². The van der Waals surface area contributed by atoms with Gasteiger partial charge < -0.3 is 10.2 Å². The molecule has 0 radical (unpaired) electrons. The number of rotatable bonds is 4. The molecule has 0 unspecified atom stereocenters. The van der Waals surface area contributed by atoms with Crippen LogP contribution in [0, 0.1) is 18.7 Å². The maximum atomic E-state index is 13.2. The number of carbonyl (C=O) groups excluding carboxylic acids is 2. The number of nitrogens with zero attached hydrogens (tertiary/aromatic N) is 3. The highest BCUT2D eigenvalue weighted by Crippen LogP contribution is 2.37. The van der Waals surface area contributed by atoms with Gasteiger partial charge in [-0.25, -0.2) is 4.39 Å². The van der Waals surface area contributed by atoms with Crippen LogP contribution in [0.5, 0.6) is 0 Å². The number of hydrogen-bond acceptors (Lipinski definition) is 3. The minimum atomic E-state index is -0.385. The monoisotopic (exact) mass is 436 g/mol. The number of fused-ring (bicyclic) bond motifs is 1. The number of hydrogen-bond donors (Lipinski definition) is 1. The second-order valence-electron chi connectivity index (χ2n) is 9.01. The first-order valence-corrected chi connectivity index (χ1v) is 11.2. The molecule has 6 nitrogen and oxygen atoms in total. The summed E-state index contributed by atoms with van der Waals surface area (Å²) in [5.41, 5.74) is 3.35. The van der Waals surface area contributed by atoms with Gasteiger partial charge in [-0.1, -0.05) is 0 Å². The lowest BCUT2D eigenvalue weighted by Gasteiger charge is -2.36. The first-order chi connectivity index (χ1) is 15.3. The molecule has 1 aliphatic heterocycles. The second-order valence-corrected chi connectivity index (χ2v) is 9.01. The van der Waals surface area contributed by atoms with Gasteiger partial charge in [-0.15, -0.1) is 0 Å². The first kappa shape index (κ1) is 22.1. The molecule has 2 aliphatic rings. The number of amidine groups is 1. The number of anilines is 1. The van der Waals surface area contributed by atoms with Gasteiger partial charge >= 0.3 is 0 Å². The highest BCUT2D eigenvalue weighted by atomic mass is 19.1. The molecule has 0 bridgehead atoms. The van der Waals surface area contributed by atoms with E-state index in [1.807, 2.05) is 33.0 Å². The summed E-state index contributed by atoms with van der Waals surface area (Å²) in [6, 6.07) is 7.80. The number of carbonyl (C=O) groups is 2.